The molecule has 63 nitrogen and oxygen atoms in total. The first kappa shape index (κ1) is 121. The first-order valence-electron chi connectivity index (χ1n) is 46.9. The van der Waals surface area contributed by atoms with Crippen LogP contribution < -0.4 is 21.3 Å². The summed E-state index contributed by atoms with van der Waals surface area (Å²) in [5, 5.41) is 349. The highest BCUT2D eigenvalue weighted by molar-refractivity contribution is 5.74. The third kappa shape index (κ3) is 27.1. The maximum absolute atomic E-state index is 13.3. The van der Waals surface area contributed by atoms with Crippen molar-refractivity contribution in [1.82, 2.24) is 21.3 Å². The minimum atomic E-state index is -2.70. The zero-order chi connectivity index (χ0) is 108. The second-order valence-corrected chi connectivity index (χ2v) is 37.4. The lowest BCUT2D eigenvalue weighted by atomic mass is 9.87. The van der Waals surface area contributed by atoms with Gasteiger partial charge in [0.2, 0.25) is 23.6 Å². The molecule has 844 valence electrons. The van der Waals surface area contributed by atoms with Crippen molar-refractivity contribution < 1.29 is 291 Å². The largest absolute Gasteiger partial charge is 0.410 e. The Kier molecular flexibility index (Phi) is 43.8. The normalized spacial score (nSPS) is 47.5. The van der Waals surface area contributed by atoms with Crippen LogP contribution in [0.2, 0.25) is 0 Å². The van der Waals surface area contributed by atoms with Gasteiger partial charge in [-0.15, -0.1) is 0 Å². The quantitative estimate of drug-likeness (QED) is 0.0199. The lowest BCUT2D eigenvalue weighted by molar-refractivity contribution is -0.424. The Labute approximate surface area is 828 Å². The molecule has 0 aromatic heterocycles. The summed E-state index contributed by atoms with van der Waals surface area (Å²) >= 11 is 0. The molecule has 4 amide bonds. The molecule has 11 saturated heterocycles. The number of carbonyl (C=O) groups excluding carboxylic acids is 6. The molecule has 34 N–H and O–H groups in total. The van der Waals surface area contributed by atoms with E-state index in [0.29, 0.717) is 0 Å². The predicted molar refractivity (Wildman–Crippen MR) is 452 cm³/mol. The van der Waals surface area contributed by atoms with Gasteiger partial charge in [0, 0.05) is 39.5 Å². The molecule has 146 heavy (non-hydrogen) atoms. The van der Waals surface area contributed by atoms with E-state index in [9.17, 15) is 182 Å². The van der Waals surface area contributed by atoms with Gasteiger partial charge >= 0.3 is 11.9 Å². The SMILES string of the molecule is CC(=O)NC1C(O)[C@H](O[C@@H]2OC(CO[C@]3(OC=O)C[C@@H](O)[C@@H](C)C([C@H](O)[C@H](O)CO)O3)[C@H](O)[C@H](O)C2O)[C@H](CO)O[C@H]1OC1[C@@H](OCC2O[C@@H](O[C@@H]3C(CO)O[C@@H](O[C@@H]4C(CO)O[C@@H](C)[C@@H](NC(C)=O)C4O)[C@@H](NC(C)=O)C3O)[C@H](O)C(O[C@H]3OC(CO)[C@@H](O)C(O)C3O[C@@H]3OC(CO)[C@@H](O[C@@H]4OC(CO[C@]5(OC=O)C[C@@H](O)[C@@H](C)C([C@H](O)[C@H](O)CO)O5)[C@H](O)[C@H](O)C4O)[C@H](O)C3NC(C)=O)[C@@H]2O)OC(CO)[C@@H](O)[C@@H]1O. The summed E-state index contributed by atoms with van der Waals surface area (Å²) in [7, 11) is 0. The van der Waals surface area contributed by atoms with Crippen molar-refractivity contribution in [2.24, 2.45) is 11.8 Å². The van der Waals surface area contributed by atoms with Crippen LogP contribution in [0.1, 0.15) is 61.3 Å². The summed E-state index contributed by atoms with van der Waals surface area (Å²) < 4.78 is 137. The molecule has 0 aromatic carbocycles. The van der Waals surface area contributed by atoms with E-state index in [1.807, 2.05) is 0 Å². The van der Waals surface area contributed by atoms with Crippen LogP contribution in [0.25, 0.3) is 0 Å². The zero-order valence-electron chi connectivity index (χ0n) is 79.4. The number of aliphatic hydroxyl groups excluding tert-OH is 30. The van der Waals surface area contributed by atoms with Crippen LogP contribution in [-0.2, 0) is 138 Å². The highest BCUT2D eigenvalue weighted by Gasteiger charge is 2.64. The fraction of sp³-hybridized carbons (Fsp3) is 0.928. The van der Waals surface area contributed by atoms with Gasteiger partial charge in [-0.2, -0.15) is 0 Å². The molecule has 11 heterocycles. The lowest BCUT2D eigenvalue weighted by Crippen LogP contribution is -2.71. The minimum Gasteiger partial charge on any atom is -0.410 e. The van der Waals surface area contributed by atoms with Gasteiger partial charge in [-0.25, -0.2) is 0 Å². The maximum Gasteiger partial charge on any atom is 0.332 e. The number of hydrogen-bond acceptors (Lipinski definition) is 59. The fourth-order valence-electron chi connectivity index (χ4n) is 19.1. The van der Waals surface area contributed by atoms with Crippen molar-refractivity contribution in [2.45, 2.75) is 398 Å². The molecule has 11 rings (SSSR count). The Morgan fingerprint density at radius 3 is 0.932 bits per heavy atom. The van der Waals surface area contributed by atoms with E-state index in [1.165, 1.54) is 20.8 Å². The van der Waals surface area contributed by atoms with Crippen LogP contribution in [-0.4, -0.2) is 599 Å². The van der Waals surface area contributed by atoms with Gasteiger partial charge in [0.15, 0.2) is 50.3 Å². The summed E-state index contributed by atoms with van der Waals surface area (Å²) in [4.78, 5) is 76.0. The minimum absolute atomic E-state index is 0.202. The number of ether oxygens (including phenoxy) is 23. The topological polar surface area (TPSA) is 970 Å². The van der Waals surface area contributed by atoms with E-state index >= 15 is 0 Å². The molecule has 0 spiro atoms. The van der Waals surface area contributed by atoms with Gasteiger partial charge in [0.05, 0.1) is 122 Å². The molecule has 21 unspecified atom stereocenters. The fourth-order valence-corrected chi connectivity index (χ4v) is 19.1. The molecular weight excluding hydrogens is 2000 g/mol. The second kappa shape index (κ2) is 52.8. The van der Waals surface area contributed by atoms with Crippen molar-refractivity contribution >= 4 is 36.6 Å². The number of aliphatic hydroxyl groups is 30. The summed E-state index contributed by atoms with van der Waals surface area (Å²) in [6.45, 7) is -4.99. The molecule has 0 bridgehead atoms. The van der Waals surface area contributed by atoms with Crippen LogP contribution in [0.3, 0.4) is 0 Å². The standard InChI is InChI=1S/C83H138N4O59/c1-23-30(102)8-82(127-21-96,145-65(23)47(106)32(104)10-88)125-19-41-51(110)58(117)62(121)77(136-41)139-68-37(15-93)133-75(45(56(68)115)86-28(6)100)143-72-60(119)49(108)34(12-90)130-80(72)124-18-40-53(112)71(64(123)79(135-40)141-70-39(17-95)132-74(44(55(70)114)85-27(5)99)138-67-36(14-92)129-25(3)43(54(67)113)84-26(4)98)142-81-73(61(120)50(109)35(13-91)131-81)144-76-46(87-29(7)101)57(116)69(38(16-94)134-76)140-78-63(122)59(118)52(111)42(137-78)20-126-83(128-22-97)9-31(103)24(2)66(146-83)48(107)33(105)11-89/h21-25,30-81,88-95,102-123H,8-20H2,1-7H3,(H,84,98)(H,85,99)(H,86,100)(H,87,101)/t23-,24-,25+,30-,31-,32-,33-,34?,35?,36?,37+,38?,39?,40?,41?,42?,43-,44+,45?,46?,47-,48-,49-,50-,51+,52+,53-,54?,55?,56?,57-,58+,59+,60+,61?,62?,63?,64-,65?,66?,67-,68-,69-,70-,71?,72?,73?,74+,75+,76+,77+,78+,79+,80+,81-,82+,83+/m1/s1. The molecule has 0 saturated carbocycles. The Bertz CT molecular complexity index is 4070. The summed E-state index contributed by atoms with van der Waals surface area (Å²) in [6, 6.07) is -7.37. The summed E-state index contributed by atoms with van der Waals surface area (Å²) in [6.07, 6.45) is -105. The lowest BCUT2D eigenvalue weighted by Gasteiger charge is -2.51. The molecule has 11 fully saturated rings. The van der Waals surface area contributed by atoms with Gasteiger partial charge in [-0.1, -0.05) is 13.8 Å². The maximum atomic E-state index is 13.3. The number of hydrogen-bond donors (Lipinski definition) is 34. The Morgan fingerprint density at radius 1 is 0.308 bits per heavy atom. The average molecular weight is 2140 g/mol. The van der Waals surface area contributed by atoms with Gasteiger partial charge in [0.25, 0.3) is 12.9 Å². The third-order valence-electron chi connectivity index (χ3n) is 27.3. The molecule has 11 aliphatic heterocycles. The Balaban J connectivity index is 0.887. The number of rotatable bonds is 43. The summed E-state index contributed by atoms with van der Waals surface area (Å²) in [5.41, 5.74) is 0. The molecule has 0 aliphatic carbocycles. The second-order valence-electron chi connectivity index (χ2n) is 37.4. The number of carbonyl (C=O) groups is 6. The monoisotopic (exact) mass is 2130 g/mol. The van der Waals surface area contributed by atoms with Crippen LogP contribution in [0.15, 0.2) is 0 Å². The highest BCUT2D eigenvalue weighted by Crippen LogP contribution is 2.45. The molecule has 11 aliphatic rings. The van der Waals surface area contributed by atoms with E-state index in [4.69, 9.17) is 109 Å². The van der Waals surface area contributed by atoms with Crippen molar-refractivity contribution in [1.29, 1.82) is 0 Å². The zero-order valence-corrected chi connectivity index (χ0v) is 79.4. The van der Waals surface area contributed by atoms with E-state index in [0.717, 1.165) is 27.7 Å². The van der Waals surface area contributed by atoms with Gasteiger partial charge in [-0.05, 0) is 6.92 Å². The first-order valence-corrected chi connectivity index (χ1v) is 46.9. The van der Waals surface area contributed by atoms with E-state index in [2.05, 4.69) is 21.3 Å². The van der Waals surface area contributed by atoms with Crippen LogP contribution in [0.5, 0.6) is 0 Å². The van der Waals surface area contributed by atoms with Crippen LogP contribution in [0, 0.1) is 11.8 Å². The van der Waals surface area contributed by atoms with E-state index < -0.39 is 458 Å². The molecule has 0 aromatic rings. The Hall–Kier alpha value is -5.22. The summed E-state index contributed by atoms with van der Waals surface area (Å²) in [5.74, 6) is -11.2. The van der Waals surface area contributed by atoms with Crippen molar-refractivity contribution in [3.8, 4) is 0 Å². The van der Waals surface area contributed by atoms with Gasteiger partial charge in [0.1, 0.15) is 238 Å². The third-order valence-corrected chi connectivity index (χ3v) is 27.3. The molecule has 57 atom stereocenters. The van der Waals surface area contributed by atoms with Crippen molar-refractivity contribution in [3.63, 3.8) is 0 Å². The van der Waals surface area contributed by atoms with E-state index in [-0.39, 0.29) is 12.9 Å². The van der Waals surface area contributed by atoms with Crippen LogP contribution >= 0.6 is 0 Å². The molecule has 63 heteroatoms. The van der Waals surface area contributed by atoms with Gasteiger partial charge < -0.3 is 283 Å². The van der Waals surface area contributed by atoms with E-state index in [1.54, 1.807) is 0 Å². The predicted octanol–water partition coefficient (Wildman–Crippen LogP) is -22.3. The van der Waals surface area contributed by atoms with Crippen molar-refractivity contribution in [2.75, 3.05) is 72.7 Å². The number of amides is 4. The smallest absolute Gasteiger partial charge is 0.332 e. The number of nitrogens with one attached hydrogen (secondary N) is 4. The van der Waals surface area contributed by atoms with Gasteiger partial charge in [-0.3, -0.25) is 28.8 Å². The first-order chi connectivity index (χ1) is 69.0. The molecule has 0 radical (unpaired) electrons. The Morgan fingerprint density at radius 2 is 0.589 bits per heavy atom. The average Bonchev–Trinajstić information content (AvgIpc) is 0.827. The molecular formula is C83H138N4O59. The van der Waals surface area contributed by atoms with Crippen LogP contribution in [0.4, 0.5) is 0 Å². The highest BCUT2D eigenvalue weighted by atomic mass is 16.9. The van der Waals surface area contributed by atoms with Crippen molar-refractivity contribution in [3.05, 3.63) is 0 Å².